The van der Waals surface area contributed by atoms with Crippen molar-refractivity contribution < 1.29 is 0 Å². The number of pyridine rings is 1. The highest BCUT2D eigenvalue weighted by Crippen LogP contribution is 2.20. The smallest absolute Gasteiger partial charge is 0.134 e. The average molecular weight is 333 g/mol. The van der Waals surface area contributed by atoms with Crippen molar-refractivity contribution in [2.45, 2.75) is 33.0 Å². The van der Waals surface area contributed by atoms with Crippen LogP contribution in [0.1, 0.15) is 25.1 Å². The molecule has 0 fully saturated rings. The molecule has 5 nitrogen and oxygen atoms in total. The van der Waals surface area contributed by atoms with Crippen molar-refractivity contribution in [1.29, 1.82) is 0 Å². The van der Waals surface area contributed by atoms with Crippen LogP contribution in [0.5, 0.6) is 0 Å². The summed E-state index contributed by atoms with van der Waals surface area (Å²) >= 11 is 0. The van der Waals surface area contributed by atoms with Crippen molar-refractivity contribution in [2.75, 3.05) is 10.2 Å². The largest absolute Gasteiger partial charge is 0.364 e. The number of aromatic nitrogens is 3. The van der Waals surface area contributed by atoms with Gasteiger partial charge in [0.1, 0.15) is 18.0 Å². The van der Waals surface area contributed by atoms with Crippen LogP contribution in [0, 0.1) is 0 Å². The third kappa shape index (κ3) is 4.76. The second-order valence-corrected chi connectivity index (χ2v) is 6.14. The fraction of sp³-hybridized carbons (Fsp3) is 0.250. The first-order valence-electron chi connectivity index (χ1n) is 8.49. The Balaban J connectivity index is 1.73. The first kappa shape index (κ1) is 16.9. The second-order valence-electron chi connectivity index (χ2n) is 6.14. The predicted molar refractivity (Wildman–Crippen MR) is 101 cm³/mol. The van der Waals surface area contributed by atoms with E-state index in [1.54, 1.807) is 12.5 Å². The number of hydrogen-bond acceptors (Lipinski definition) is 5. The lowest BCUT2D eigenvalue weighted by atomic mass is 10.2. The van der Waals surface area contributed by atoms with Crippen LogP contribution in [0.15, 0.2) is 67.1 Å². The molecule has 5 heteroatoms. The molecule has 0 unspecified atom stereocenters. The Kier molecular flexibility index (Phi) is 5.57. The van der Waals surface area contributed by atoms with Gasteiger partial charge in [-0.15, -0.1) is 0 Å². The summed E-state index contributed by atoms with van der Waals surface area (Å²) in [5.74, 6) is 1.71. The molecule has 0 bridgehead atoms. The van der Waals surface area contributed by atoms with Gasteiger partial charge in [-0.3, -0.25) is 4.98 Å². The fourth-order valence-electron chi connectivity index (χ4n) is 2.59. The molecule has 2 aromatic heterocycles. The van der Waals surface area contributed by atoms with Gasteiger partial charge in [0.25, 0.3) is 0 Å². The summed E-state index contributed by atoms with van der Waals surface area (Å²) in [6, 6.07) is 18.6. The molecule has 3 rings (SSSR count). The molecule has 0 aliphatic carbocycles. The maximum Gasteiger partial charge on any atom is 0.134 e. The van der Waals surface area contributed by atoms with E-state index in [2.05, 4.69) is 63.3 Å². The van der Waals surface area contributed by atoms with Crippen molar-refractivity contribution in [2.24, 2.45) is 0 Å². The van der Waals surface area contributed by atoms with Crippen molar-refractivity contribution in [3.8, 4) is 0 Å². The molecule has 0 amide bonds. The van der Waals surface area contributed by atoms with E-state index >= 15 is 0 Å². The summed E-state index contributed by atoms with van der Waals surface area (Å²) in [6.07, 6.45) is 3.40. The van der Waals surface area contributed by atoms with E-state index < -0.39 is 0 Å². The van der Waals surface area contributed by atoms with Gasteiger partial charge in [-0.2, -0.15) is 0 Å². The van der Waals surface area contributed by atoms with E-state index in [1.807, 2.05) is 30.3 Å². The first-order valence-corrected chi connectivity index (χ1v) is 8.49. The van der Waals surface area contributed by atoms with Crippen molar-refractivity contribution in [3.05, 3.63) is 78.4 Å². The Morgan fingerprint density at radius 1 is 0.960 bits per heavy atom. The molecule has 3 aromatic rings. The van der Waals surface area contributed by atoms with E-state index in [-0.39, 0.29) is 0 Å². The molecule has 2 heterocycles. The van der Waals surface area contributed by atoms with E-state index in [9.17, 15) is 0 Å². The molecule has 0 radical (unpaired) electrons. The number of nitrogens with zero attached hydrogens (tertiary/aromatic N) is 4. The molecule has 1 aromatic carbocycles. The van der Waals surface area contributed by atoms with Gasteiger partial charge in [0, 0.05) is 24.8 Å². The third-order valence-corrected chi connectivity index (χ3v) is 3.94. The minimum absolute atomic E-state index is 0.332. The number of benzene rings is 1. The average Bonchev–Trinajstić information content (AvgIpc) is 2.66. The van der Waals surface area contributed by atoms with E-state index in [4.69, 9.17) is 0 Å². The topological polar surface area (TPSA) is 53.9 Å². The SMILES string of the molecule is CC(C)N(Cc1ccccc1)c1cc(NCc2ccccn2)ncn1. The van der Waals surface area contributed by atoms with Gasteiger partial charge in [-0.1, -0.05) is 36.4 Å². The molecule has 0 atom stereocenters. The summed E-state index contributed by atoms with van der Waals surface area (Å²) < 4.78 is 0. The minimum atomic E-state index is 0.332. The van der Waals surface area contributed by atoms with E-state index in [0.29, 0.717) is 12.6 Å². The van der Waals surface area contributed by atoms with Crippen LogP contribution in [-0.2, 0) is 13.1 Å². The van der Waals surface area contributed by atoms with Crippen LogP contribution in [0.25, 0.3) is 0 Å². The summed E-state index contributed by atoms with van der Waals surface area (Å²) in [5.41, 5.74) is 2.24. The zero-order valence-electron chi connectivity index (χ0n) is 14.6. The summed E-state index contributed by atoms with van der Waals surface area (Å²) in [5, 5.41) is 3.32. The van der Waals surface area contributed by atoms with Gasteiger partial charge in [0.15, 0.2) is 0 Å². The Morgan fingerprint density at radius 2 is 1.76 bits per heavy atom. The van der Waals surface area contributed by atoms with E-state index in [1.165, 1.54) is 5.56 Å². The maximum atomic E-state index is 4.47. The lowest BCUT2D eigenvalue weighted by Crippen LogP contribution is -2.31. The van der Waals surface area contributed by atoms with Gasteiger partial charge in [0.05, 0.1) is 12.2 Å². The molecular formula is C20H23N5. The number of hydrogen-bond donors (Lipinski definition) is 1. The lowest BCUT2D eigenvalue weighted by molar-refractivity contribution is 0.671. The number of nitrogens with one attached hydrogen (secondary N) is 1. The van der Waals surface area contributed by atoms with E-state index in [0.717, 1.165) is 23.9 Å². The molecule has 0 spiro atoms. The second kappa shape index (κ2) is 8.24. The zero-order chi connectivity index (χ0) is 17.5. The van der Waals surface area contributed by atoms with Crippen LogP contribution in [0.4, 0.5) is 11.6 Å². The standard InChI is InChI=1S/C20H23N5/c1-16(2)25(14-17-8-4-3-5-9-17)20-12-19(23-15-24-20)22-13-18-10-6-7-11-21-18/h3-12,15-16H,13-14H2,1-2H3,(H,22,23,24). The monoisotopic (exact) mass is 333 g/mol. The van der Waals surface area contributed by atoms with Gasteiger partial charge in [-0.05, 0) is 31.5 Å². The third-order valence-electron chi connectivity index (χ3n) is 3.94. The Hall–Kier alpha value is -2.95. The summed E-state index contributed by atoms with van der Waals surface area (Å²) in [6.45, 7) is 5.80. The minimum Gasteiger partial charge on any atom is -0.364 e. The first-order chi connectivity index (χ1) is 12.2. The normalized spacial score (nSPS) is 10.7. The summed E-state index contributed by atoms with van der Waals surface area (Å²) in [4.78, 5) is 15.4. The molecule has 0 aliphatic rings. The van der Waals surface area contributed by atoms with Crippen molar-refractivity contribution >= 4 is 11.6 Å². The van der Waals surface area contributed by atoms with Crippen LogP contribution in [0.3, 0.4) is 0 Å². The van der Waals surface area contributed by atoms with Crippen molar-refractivity contribution in [1.82, 2.24) is 15.0 Å². The molecule has 128 valence electrons. The number of anilines is 2. The Labute approximate surface area is 148 Å². The van der Waals surface area contributed by atoms with Crippen LogP contribution in [-0.4, -0.2) is 21.0 Å². The predicted octanol–water partition coefficient (Wildman–Crippen LogP) is 3.90. The van der Waals surface area contributed by atoms with Gasteiger partial charge in [-0.25, -0.2) is 9.97 Å². The summed E-state index contributed by atoms with van der Waals surface area (Å²) in [7, 11) is 0. The molecule has 1 N–H and O–H groups in total. The molecular weight excluding hydrogens is 310 g/mol. The quantitative estimate of drug-likeness (QED) is 0.711. The Morgan fingerprint density at radius 3 is 2.48 bits per heavy atom. The highest BCUT2D eigenvalue weighted by molar-refractivity contribution is 5.49. The number of rotatable bonds is 7. The molecule has 0 saturated carbocycles. The molecule has 25 heavy (non-hydrogen) atoms. The van der Waals surface area contributed by atoms with Gasteiger partial charge >= 0.3 is 0 Å². The van der Waals surface area contributed by atoms with Gasteiger partial charge < -0.3 is 10.2 Å². The molecule has 0 saturated heterocycles. The van der Waals surface area contributed by atoms with Crippen LogP contribution >= 0.6 is 0 Å². The highest BCUT2D eigenvalue weighted by atomic mass is 15.2. The highest BCUT2D eigenvalue weighted by Gasteiger charge is 2.13. The fourth-order valence-corrected chi connectivity index (χ4v) is 2.59. The van der Waals surface area contributed by atoms with Crippen molar-refractivity contribution in [3.63, 3.8) is 0 Å². The van der Waals surface area contributed by atoms with Crippen LogP contribution in [0.2, 0.25) is 0 Å². The zero-order valence-corrected chi connectivity index (χ0v) is 14.6. The molecule has 0 aliphatic heterocycles. The lowest BCUT2D eigenvalue weighted by Gasteiger charge is -2.28. The van der Waals surface area contributed by atoms with Gasteiger partial charge in [0.2, 0.25) is 0 Å². The maximum absolute atomic E-state index is 4.47. The van der Waals surface area contributed by atoms with Crippen LogP contribution < -0.4 is 10.2 Å². The Bertz CT molecular complexity index is 774.